The van der Waals surface area contributed by atoms with Crippen molar-refractivity contribution in [3.63, 3.8) is 0 Å². The predicted molar refractivity (Wildman–Crippen MR) is 104 cm³/mol. The van der Waals surface area contributed by atoms with Crippen LogP contribution < -0.4 is 4.74 Å². The molecule has 2 aromatic rings. The second kappa shape index (κ2) is 8.27. The van der Waals surface area contributed by atoms with E-state index < -0.39 is 5.60 Å². The number of ether oxygens (including phenoxy) is 1. The van der Waals surface area contributed by atoms with Crippen LogP contribution in [0.3, 0.4) is 0 Å². The number of benzene rings is 1. The quantitative estimate of drug-likeness (QED) is 0.790. The molecule has 1 aromatic heterocycles. The van der Waals surface area contributed by atoms with Crippen LogP contribution in [0.5, 0.6) is 5.75 Å². The first kappa shape index (κ1) is 19.6. The smallest absolute Gasteiger partial charge is 0.250 e. The molecule has 1 atom stereocenters. The topological polar surface area (TPSA) is 71.6 Å². The van der Waals surface area contributed by atoms with Gasteiger partial charge in [-0.05, 0) is 69.0 Å². The normalized spacial score (nSPS) is 26.9. The van der Waals surface area contributed by atoms with Crippen LogP contribution in [-0.2, 0) is 6.42 Å². The Morgan fingerprint density at radius 3 is 2.63 bits per heavy atom. The fraction of sp³-hybridized carbons (Fsp3) is 0.500. The standard InChI is InChI=1S/C20H25N3O3.B/c1-15-21-19(26-22-15)4-2-3-16-5-7-18(8-6-16)25-14-20(24)13-23-11-9-17(20)10-12-23;/h2,4-8,17,24H,3,9-14H2,1H3;. The van der Waals surface area contributed by atoms with E-state index in [4.69, 9.17) is 9.26 Å². The minimum atomic E-state index is -0.708. The first-order valence-corrected chi connectivity index (χ1v) is 9.24. The molecule has 4 heterocycles. The molecule has 1 aromatic carbocycles. The van der Waals surface area contributed by atoms with Crippen LogP contribution in [0.25, 0.3) is 6.08 Å². The van der Waals surface area contributed by atoms with Crippen molar-refractivity contribution in [3.05, 3.63) is 47.6 Å². The summed E-state index contributed by atoms with van der Waals surface area (Å²) in [6.45, 7) is 5.11. The monoisotopic (exact) mass is 366 g/mol. The van der Waals surface area contributed by atoms with Gasteiger partial charge in [0.1, 0.15) is 18.0 Å². The lowest BCUT2D eigenvalue weighted by Crippen LogP contribution is -2.61. The van der Waals surface area contributed by atoms with Crippen molar-refractivity contribution in [2.75, 3.05) is 26.2 Å². The summed E-state index contributed by atoms with van der Waals surface area (Å²) >= 11 is 0. The van der Waals surface area contributed by atoms with Gasteiger partial charge in [0.2, 0.25) is 5.89 Å². The lowest BCUT2D eigenvalue weighted by Gasteiger charge is -2.50. The van der Waals surface area contributed by atoms with Crippen LogP contribution in [0.2, 0.25) is 0 Å². The molecule has 141 valence electrons. The molecular formula is C20H25BN3O3. The Balaban J connectivity index is 0.00000210. The zero-order chi connectivity index (χ0) is 18.0. The molecule has 0 amide bonds. The third kappa shape index (κ3) is 4.60. The minimum Gasteiger partial charge on any atom is -0.491 e. The van der Waals surface area contributed by atoms with Crippen molar-refractivity contribution >= 4 is 14.5 Å². The predicted octanol–water partition coefficient (Wildman–Crippen LogP) is 2.09. The Morgan fingerprint density at radius 2 is 2.04 bits per heavy atom. The average molecular weight is 366 g/mol. The number of hydrogen-bond acceptors (Lipinski definition) is 6. The van der Waals surface area contributed by atoms with E-state index in [1.165, 1.54) is 5.56 Å². The molecule has 1 N–H and O–H groups in total. The number of aromatic nitrogens is 2. The van der Waals surface area contributed by atoms with Crippen LogP contribution in [0.1, 0.15) is 30.1 Å². The highest BCUT2D eigenvalue weighted by atomic mass is 16.5. The molecule has 1 unspecified atom stereocenters. The van der Waals surface area contributed by atoms with E-state index in [0.717, 1.165) is 44.6 Å². The number of aliphatic hydroxyl groups is 1. The summed E-state index contributed by atoms with van der Waals surface area (Å²) in [6.07, 6.45) is 6.75. The zero-order valence-electron chi connectivity index (χ0n) is 15.7. The van der Waals surface area contributed by atoms with Gasteiger partial charge in [0.25, 0.3) is 0 Å². The second-order valence-electron chi connectivity index (χ2n) is 7.37. The number of allylic oxidation sites excluding steroid dienone is 1. The Morgan fingerprint density at radius 1 is 1.30 bits per heavy atom. The van der Waals surface area contributed by atoms with Gasteiger partial charge in [0.05, 0.1) is 0 Å². The lowest BCUT2D eigenvalue weighted by atomic mass is 9.76. The van der Waals surface area contributed by atoms with Gasteiger partial charge in [-0.1, -0.05) is 23.4 Å². The molecule has 0 aliphatic carbocycles. The van der Waals surface area contributed by atoms with E-state index in [1.807, 2.05) is 36.4 Å². The summed E-state index contributed by atoms with van der Waals surface area (Å²) in [6, 6.07) is 8.01. The van der Waals surface area contributed by atoms with Crippen molar-refractivity contribution < 1.29 is 14.4 Å². The summed E-state index contributed by atoms with van der Waals surface area (Å²) in [4.78, 5) is 6.47. The highest BCUT2D eigenvalue weighted by Crippen LogP contribution is 2.36. The molecule has 6 nitrogen and oxygen atoms in total. The first-order valence-electron chi connectivity index (χ1n) is 9.24. The van der Waals surface area contributed by atoms with Crippen LogP contribution in [0, 0.1) is 12.8 Å². The largest absolute Gasteiger partial charge is 0.491 e. The van der Waals surface area contributed by atoms with E-state index in [2.05, 4.69) is 15.0 Å². The fourth-order valence-electron chi connectivity index (χ4n) is 3.91. The Hall–Kier alpha value is -2.12. The van der Waals surface area contributed by atoms with Gasteiger partial charge in [-0.15, -0.1) is 0 Å². The van der Waals surface area contributed by atoms with Gasteiger partial charge >= 0.3 is 0 Å². The molecule has 5 rings (SSSR count). The van der Waals surface area contributed by atoms with Gasteiger partial charge in [0.15, 0.2) is 5.82 Å². The molecule has 0 spiro atoms. The van der Waals surface area contributed by atoms with Crippen molar-refractivity contribution in [1.29, 1.82) is 0 Å². The molecule has 3 aliphatic rings. The molecule has 0 saturated carbocycles. The van der Waals surface area contributed by atoms with Gasteiger partial charge in [0, 0.05) is 15.0 Å². The average Bonchev–Trinajstić information content (AvgIpc) is 3.07. The van der Waals surface area contributed by atoms with Gasteiger partial charge < -0.3 is 19.3 Å². The number of hydrogen-bond donors (Lipinski definition) is 1. The summed E-state index contributed by atoms with van der Waals surface area (Å²) in [7, 11) is 0. The molecule has 2 bridgehead atoms. The molecule has 27 heavy (non-hydrogen) atoms. The van der Waals surface area contributed by atoms with Crippen molar-refractivity contribution in [2.24, 2.45) is 5.92 Å². The third-order valence-corrected chi connectivity index (χ3v) is 5.41. The third-order valence-electron chi connectivity index (χ3n) is 5.41. The number of rotatable bonds is 6. The highest BCUT2D eigenvalue weighted by molar-refractivity contribution is 5.75. The lowest BCUT2D eigenvalue weighted by molar-refractivity contribution is -0.131. The van der Waals surface area contributed by atoms with Crippen molar-refractivity contribution in [3.8, 4) is 5.75 Å². The maximum Gasteiger partial charge on any atom is 0.250 e. The Labute approximate surface area is 161 Å². The maximum absolute atomic E-state index is 10.9. The van der Waals surface area contributed by atoms with Crippen molar-refractivity contribution in [1.82, 2.24) is 15.0 Å². The molecule has 7 heteroatoms. The van der Waals surface area contributed by atoms with E-state index in [1.54, 1.807) is 6.92 Å². The first-order chi connectivity index (χ1) is 12.6. The van der Waals surface area contributed by atoms with E-state index >= 15 is 0 Å². The van der Waals surface area contributed by atoms with Crippen molar-refractivity contribution in [2.45, 2.75) is 31.8 Å². The number of fused-ring (bicyclic) bond motifs is 3. The highest BCUT2D eigenvalue weighted by Gasteiger charge is 2.45. The molecular weight excluding hydrogens is 341 g/mol. The van der Waals surface area contributed by atoms with Gasteiger partial charge in [-0.2, -0.15) is 4.98 Å². The number of nitrogens with zero attached hydrogens (tertiary/aromatic N) is 3. The summed E-state index contributed by atoms with van der Waals surface area (Å²) in [5.41, 5.74) is 0.464. The van der Waals surface area contributed by atoms with Gasteiger partial charge in [-0.25, -0.2) is 0 Å². The summed E-state index contributed by atoms with van der Waals surface area (Å²) in [5.74, 6) is 2.32. The molecule has 3 saturated heterocycles. The zero-order valence-corrected chi connectivity index (χ0v) is 15.7. The van der Waals surface area contributed by atoms with Crippen LogP contribution in [-0.4, -0.2) is 60.4 Å². The van der Waals surface area contributed by atoms with E-state index in [9.17, 15) is 5.11 Å². The minimum absolute atomic E-state index is 0. The summed E-state index contributed by atoms with van der Waals surface area (Å²) < 4.78 is 11.0. The summed E-state index contributed by atoms with van der Waals surface area (Å²) in [5, 5.41) is 14.7. The van der Waals surface area contributed by atoms with E-state index in [0.29, 0.717) is 24.2 Å². The second-order valence-corrected chi connectivity index (χ2v) is 7.37. The molecule has 3 fully saturated rings. The van der Waals surface area contributed by atoms with Gasteiger partial charge in [-0.3, -0.25) is 0 Å². The SMILES string of the molecule is Cc1noc(C=CCc2ccc(OCC3(O)CN4CCC3CC4)cc2)n1.[B]. The number of piperidine rings is 3. The van der Waals surface area contributed by atoms with Crippen LogP contribution >= 0.6 is 0 Å². The molecule has 3 radical (unpaired) electrons. The fourth-order valence-corrected chi connectivity index (χ4v) is 3.91. The van der Waals surface area contributed by atoms with Crippen LogP contribution in [0.4, 0.5) is 0 Å². The number of aryl methyl sites for hydroxylation is 1. The molecule has 3 aliphatic heterocycles. The van der Waals surface area contributed by atoms with E-state index in [-0.39, 0.29) is 8.41 Å². The van der Waals surface area contributed by atoms with Crippen LogP contribution in [0.15, 0.2) is 34.9 Å². The Bertz CT molecular complexity index is 769. The maximum atomic E-state index is 10.9. The Kier molecular flexibility index (Phi) is 6.02.